The molecule has 4 aromatic heterocycles. The van der Waals surface area contributed by atoms with Gasteiger partial charge in [0.2, 0.25) is 5.13 Å². The molecule has 0 aromatic carbocycles. The van der Waals surface area contributed by atoms with Crippen LogP contribution in [0.1, 0.15) is 19.8 Å². The number of thiazole rings is 2. The fourth-order valence-electron chi connectivity index (χ4n) is 3.74. The van der Waals surface area contributed by atoms with Crippen LogP contribution in [0.25, 0.3) is 26.0 Å². The maximum absolute atomic E-state index is 12.6. The van der Waals surface area contributed by atoms with E-state index in [2.05, 4.69) is 51.0 Å². The highest BCUT2D eigenvalue weighted by molar-refractivity contribution is 7.29. The number of piperidine rings is 1. The molecule has 2 unspecified atom stereocenters. The molecule has 0 saturated carbocycles. The highest BCUT2D eigenvalue weighted by Crippen LogP contribution is 2.35. The maximum Gasteiger partial charge on any atom is 0.260 e. The first-order valence-corrected chi connectivity index (χ1v) is 11.4. The van der Waals surface area contributed by atoms with Gasteiger partial charge >= 0.3 is 0 Å². The minimum Gasteiger partial charge on any atom is -0.348 e. The Morgan fingerprint density at radius 2 is 2.06 bits per heavy atom. The molecule has 12 heteroatoms. The van der Waals surface area contributed by atoms with Gasteiger partial charge in [0.15, 0.2) is 14.8 Å². The van der Waals surface area contributed by atoms with Crippen molar-refractivity contribution in [1.82, 2.24) is 34.6 Å². The summed E-state index contributed by atoms with van der Waals surface area (Å²) in [4.78, 5) is 32.8. The number of hydrogen-bond acceptors (Lipinski definition) is 9. The number of halogens is 1. The number of anilines is 1. The van der Waals surface area contributed by atoms with Crippen LogP contribution in [-0.4, -0.2) is 67.3 Å². The molecule has 0 aliphatic carbocycles. The Hall–Kier alpha value is -2.34. The zero-order valence-corrected chi connectivity index (χ0v) is 19.8. The van der Waals surface area contributed by atoms with Gasteiger partial charge in [0, 0.05) is 43.5 Å². The predicted octanol–water partition coefficient (Wildman–Crippen LogP) is 3.03. The summed E-state index contributed by atoms with van der Waals surface area (Å²) in [5.41, 5.74) is 1.18. The minimum atomic E-state index is -0.180. The molecule has 0 radical (unpaired) electrons. The van der Waals surface area contributed by atoms with Crippen molar-refractivity contribution in [3.05, 3.63) is 35.1 Å². The molecule has 1 saturated heterocycles. The molecular formula is C19H23ClN8OS2. The van der Waals surface area contributed by atoms with Gasteiger partial charge in [-0.25, -0.2) is 19.5 Å². The third kappa shape index (κ3) is 4.10. The molecule has 1 aliphatic heterocycles. The second-order valence-corrected chi connectivity index (χ2v) is 9.60. The summed E-state index contributed by atoms with van der Waals surface area (Å²) in [5.74, 6) is 0. The standard InChI is InChI=1S/C19H22N8OS2.ClH/c1-11-6-13(4-5-25(11)2)26(3)18-23-16-17(29-18)24-19(30-16)27-10-20-14(7-15(27)28)12-8-21-22-9-12;/h7-11,13H,4-6H2,1-3H3,(H,21,22);1H. The van der Waals surface area contributed by atoms with Crippen molar-refractivity contribution >= 4 is 49.9 Å². The molecule has 0 bridgehead atoms. The van der Waals surface area contributed by atoms with Gasteiger partial charge in [-0.2, -0.15) is 5.10 Å². The average molecular weight is 479 g/mol. The van der Waals surface area contributed by atoms with E-state index in [0.29, 0.717) is 22.9 Å². The van der Waals surface area contributed by atoms with E-state index in [1.54, 1.807) is 23.7 Å². The summed E-state index contributed by atoms with van der Waals surface area (Å²) in [6.45, 7) is 3.38. The first-order valence-electron chi connectivity index (χ1n) is 9.78. The van der Waals surface area contributed by atoms with Crippen LogP contribution >= 0.6 is 35.1 Å². The van der Waals surface area contributed by atoms with Gasteiger partial charge in [-0.3, -0.25) is 9.89 Å². The first-order chi connectivity index (χ1) is 14.5. The minimum absolute atomic E-state index is 0. The van der Waals surface area contributed by atoms with Crippen LogP contribution in [0.15, 0.2) is 29.6 Å². The Morgan fingerprint density at radius 1 is 1.26 bits per heavy atom. The van der Waals surface area contributed by atoms with Crippen molar-refractivity contribution in [2.45, 2.75) is 31.8 Å². The molecule has 1 aliphatic rings. The highest BCUT2D eigenvalue weighted by atomic mass is 35.5. The fraction of sp³-hybridized carbons (Fsp3) is 0.421. The maximum atomic E-state index is 12.6. The molecule has 2 atom stereocenters. The zero-order chi connectivity index (χ0) is 20.8. The van der Waals surface area contributed by atoms with Crippen LogP contribution in [0, 0.1) is 0 Å². The van der Waals surface area contributed by atoms with Crippen LogP contribution < -0.4 is 10.5 Å². The molecule has 0 amide bonds. The molecular weight excluding hydrogens is 456 g/mol. The van der Waals surface area contributed by atoms with Crippen molar-refractivity contribution < 1.29 is 0 Å². The quantitative estimate of drug-likeness (QED) is 0.481. The third-order valence-electron chi connectivity index (χ3n) is 5.79. The van der Waals surface area contributed by atoms with E-state index in [4.69, 9.17) is 4.98 Å². The lowest BCUT2D eigenvalue weighted by Crippen LogP contribution is -2.46. The third-order valence-corrected chi connectivity index (χ3v) is 7.91. The van der Waals surface area contributed by atoms with E-state index in [0.717, 1.165) is 39.7 Å². The lowest BCUT2D eigenvalue weighted by molar-refractivity contribution is 0.181. The monoisotopic (exact) mass is 478 g/mol. The van der Waals surface area contributed by atoms with Crippen molar-refractivity contribution in [3.63, 3.8) is 0 Å². The molecule has 5 rings (SSSR count). The Morgan fingerprint density at radius 3 is 2.74 bits per heavy atom. The van der Waals surface area contributed by atoms with Crippen LogP contribution in [0.5, 0.6) is 0 Å². The van der Waals surface area contributed by atoms with Gasteiger partial charge < -0.3 is 9.80 Å². The lowest BCUT2D eigenvalue weighted by atomic mass is 9.98. The zero-order valence-electron chi connectivity index (χ0n) is 17.3. The second-order valence-electron chi connectivity index (χ2n) is 7.69. The Balaban J connectivity index is 0.00000231. The largest absolute Gasteiger partial charge is 0.348 e. The lowest BCUT2D eigenvalue weighted by Gasteiger charge is -2.39. The Kier molecular flexibility index (Phi) is 6.11. The number of hydrogen-bond donors (Lipinski definition) is 1. The van der Waals surface area contributed by atoms with E-state index in [-0.39, 0.29) is 18.0 Å². The topological polar surface area (TPSA) is 95.8 Å². The van der Waals surface area contributed by atoms with E-state index in [9.17, 15) is 4.79 Å². The number of rotatable bonds is 4. The number of nitrogens with zero attached hydrogens (tertiary/aromatic N) is 7. The first kappa shape index (κ1) is 21.9. The van der Waals surface area contributed by atoms with Crippen LogP contribution in [-0.2, 0) is 0 Å². The van der Waals surface area contributed by atoms with Crippen LogP contribution in [0.3, 0.4) is 0 Å². The summed E-state index contributed by atoms with van der Waals surface area (Å²) in [6, 6.07) is 2.55. The highest BCUT2D eigenvalue weighted by Gasteiger charge is 2.27. The van der Waals surface area contributed by atoms with E-state index in [1.165, 1.54) is 28.3 Å². The van der Waals surface area contributed by atoms with Crippen molar-refractivity contribution in [2.75, 3.05) is 25.5 Å². The number of likely N-dealkylation sites (tertiary alicyclic amines) is 1. The van der Waals surface area contributed by atoms with Gasteiger partial charge in [0.1, 0.15) is 6.33 Å². The SMILES string of the molecule is CC1CC(N(C)c2nc3sc(-n4cnc(-c5cn[nH]c5)cc4=O)nc3s2)CCN1C.Cl. The smallest absolute Gasteiger partial charge is 0.260 e. The summed E-state index contributed by atoms with van der Waals surface area (Å²) >= 11 is 2.99. The van der Waals surface area contributed by atoms with Crippen molar-refractivity contribution in [2.24, 2.45) is 0 Å². The Bertz CT molecular complexity index is 1200. The van der Waals surface area contributed by atoms with Crippen LogP contribution in [0.4, 0.5) is 5.13 Å². The van der Waals surface area contributed by atoms with Gasteiger partial charge in [-0.05, 0) is 26.8 Å². The Labute approximate surface area is 193 Å². The molecule has 9 nitrogen and oxygen atoms in total. The van der Waals surface area contributed by atoms with E-state index in [1.807, 2.05) is 0 Å². The number of fused-ring (bicyclic) bond motifs is 1. The summed E-state index contributed by atoms with van der Waals surface area (Å²) in [5, 5.41) is 8.19. The molecule has 1 fully saturated rings. The number of nitrogens with one attached hydrogen (secondary N) is 1. The summed E-state index contributed by atoms with van der Waals surface area (Å²) in [6.07, 6.45) is 7.12. The second kappa shape index (κ2) is 8.65. The van der Waals surface area contributed by atoms with Gasteiger partial charge in [-0.1, -0.05) is 22.7 Å². The van der Waals surface area contributed by atoms with E-state index < -0.39 is 0 Å². The molecule has 5 heterocycles. The summed E-state index contributed by atoms with van der Waals surface area (Å²) in [7, 11) is 4.30. The van der Waals surface area contributed by atoms with Crippen molar-refractivity contribution in [3.8, 4) is 16.4 Å². The van der Waals surface area contributed by atoms with E-state index >= 15 is 0 Å². The molecule has 31 heavy (non-hydrogen) atoms. The molecule has 1 N–H and O–H groups in total. The number of aromatic nitrogens is 6. The number of H-pyrrole nitrogens is 1. The predicted molar refractivity (Wildman–Crippen MR) is 127 cm³/mol. The fourth-order valence-corrected chi connectivity index (χ4v) is 5.78. The van der Waals surface area contributed by atoms with Gasteiger partial charge in [0.05, 0.1) is 11.9 Å². The van der Waals surface area contributed by atoms with Gasteiger partial charge in [0.25, 0.3) is 5.56 Å². The summed E-state index contributed by atoms with van der Waals surface area (Å²) < 4.78 is 1.46. The molecule has 4 aromatic rings. The average Bonchev–Trinajstić information content (AvgIpc) is 3.46. The van der Waals surface area contributed by atoms with Crippen molar-refractivity contribution in [1.29, 1.82) is 0 Å². The van der Waals surface area contributed by atoms with Gasteiger partial charge in [-0.15, -0.1) is 12.4 Å². The normalized spacial score (nSPS) is 19.5. The number of aromatic amines is 1. The van der Waals surface area contributed by atoms with Crippen LogP contribution in [0.2, 0.25) is 0 Å². The molecule has 164 valence electrons. The molecule has 0 spiro atoms.